The second-order valence-corrected chi connectivity index (χ2v) is 5.02. The van der Waals surface area contributed by atoms with E-state index in [2.05, 4.69) is 10.3 Å². The number of halogens is 1. The van der Waals surface area contributed by atoms with Crippen molar-refractivity contribution in [1.29, 1.82) is 0 Å². The molecule has 0 aliphatic heterocycles. The highest BCUT2D eigenvalue weighted by Gasteiger charge is 2.24. The van der Waals surface area contributed by atoms with Crippen molar-refractivity contribution < 1.29 is 14.3 Å². The predicted octanol–water partition coefficient (Wildman–Crippen LogP) is 2.31. The maximum absolute atomic E-state index is 12.1. The van der Waals surface area contributed by atoms with Crippen molar-refractivity contribution in [3.63, 3.8) is 0 Å². The van der Waals surface area contributed by atoms with Gasteiger partial charge in [0.05, 0.1) is 19.2 Å². The Hall–Kier alpha value is -2.40. The van der Waals surface area contributed by atoms with Crippen molar-refractivity contribution in [3.05, 3.63) is 64.9 Å². The molecule has 2 rings (SSSR count). The lowest BCUT2D eigenvalue weighted by atomic mass is 10.1. The molecule has 114 valence electrons. The van der Waals surface area contributed by atoms with E-state index < -0.39 is 12.0 Å². The van der Waals surface area contributed by atoms with Crippen LogP contribution in [0.4, 0.5) is 0 Å². The zero-order valence-corrected chi connectivity index (χ0v) is 12.7. The summed E-state index contributed by atoms with van der Waals surface area (Å²) in [5.74, 6) is -0.869. The van der Waals surface area contributed by atoms with E-state index in [0.29, 0.717) is 10.7 Å². The molecule has 0 spiro atoms. The van der Waals surface area contributed by atoms with Crippen LogP contribution in [-0.2, 0) is 20.7 Å². The minimum atomic E-state index is -0.925. The molecule has 22 heavy (non-hydrogen) atoms. The van der Waals surface area contributed by atoms with Crippen molar-refractivity contribution in [2.24, 2.45) is 0 Å². The Morgan fingerprint density at radius 1 is 1.23 bits per heavy atom. The number of carbonyl (C=O) groups is 2. The van der Waals surface area contributed by atoms with Gasteiger partial charge in [-0.2, -0.15) is 0 Å². The van der Waals surface area contributed by atoms with Gasteiger partial charge in [0.15, 0.2) is 6.04 Å². The summed E-state index contributed by atoms with van der Waals surface area (Å²) in [5.41, 5.74) is 1.23. The second kappa shape index (κ2) is 7.56. The first-order chi connectivity index (χ1) is 10.6. The molecular weight excluding hydrogens is 304 g/mol. The number of hydrogen-bond acceptors (Lipinski definition) is 4. The summed E-state index contributed by atoms with van der Waals surface area (Å²) < 4.78 is 4.72. The van der Waals surface area contributed by atoms with Crippen molar-refractivity contribution in [1.82, 2.24) is 10.3 Å². The lowest BCUT2D eigenvalue weighted by Gasteiger charge is -2.16. The average Bonchev–Trinajstić information content (AvgIpc) is 2.55. The van der Waals surface area contributed by atoms with Gasteiger partial charge in [0, 0.05) is 11.2 Å². The molecule has 6 heteroatoms. The number of hydrogen-bond donors (Lipinski definition) is 1. The summed E-state index contributed by atoms with van der Waals surface area (Å²) in [5, 5.41) is 3.24. The minimum Gasteiger partial charge on any atom is -0.467 e. The van der Waals surface area contributed by atoms with Crippen LogP contribution >= 0.6 is 11.6 Å². The molecule has 0 aliphatic rings. The molecule has 1 unspecified atom stereocenters. The predicted molar refractivity (Wildman–Crippen MR) is 82.3 cm³/mol. The monoisotopic (exact) mass is 318 g/mol. The van der Waals surface area contributed by atoms with Crippen LogP contribution < -0.4 is 5.32 Å². The Morgan fingerprint density at radius 3 is 2.55 bits per heavy atom. The highest BCUT2D eigenvalue weighted by Crippen LogP contribution is 2.13. The Kier molecular flexibility index (Phi) is 5.49. The molecule has 0 radical (unpaired) electrons. The maximum atomic E-state index is 12.1. The van der Waals surface area contributed by atoms with E-state index in [0.717, 1.165) is 5.56 Å². The van der Waals surface area contributed by atoms with Gasteiger partial charge in [0.1, 0.15) is 0 Å². The molecule has 1 N–H and O–H groups in total. The number of benzene rings is 1. The largest absolute Gasteiger partial charge is 0.467 e. The summed E-state index contributed by atoms with van der Waals surface area (Å²) in [4.78, 5) is 28.1. The molecule has 1 amide bonds. The molecule has 1 atom stereocenters. The van der Waals surface area contributed by atoms with E-state index >= 15 is 0 Å². The van der Waals surface area contributed by atoms with Crippen molar-refractivity contribution in [3.8, 4) is 0 Å². The number of pyridine rings is 1. The SMILES string of the molecule is COC(=O)C(NC(=O)Cc1ccc(Cl)cc1)c1ccccn1. The summed E-state index contributed by atoms with van der Waals surface area (Å²) >= 11 is 5.80. The van der Waals surface area contributed by atoms with Crippen molar-refractivity contribution in [2.75, 3.05) is 7.11 Å². The number of esters is 1. The van der Waals surface area contributed by atoms with E-state index in [4.69, 9.17) is 16.3 Å². The van der Waals surface area contributed by atoms with Crippen LogP contribution in [0, 0.1) is 0 Å². The smallest absolute Gasteiger partial charge is 0.334 e. The molecule has 0 bridgehead atoms. The Labute approximate surface area is 133 Å². The number of ether oxygens (including phenoxy) is 1. The number of aromatic nitrogens is 1. The minimum absolute atomic E-state index is 0.136. The molecule has 0 aliphatic carbocycles. The summed E-state index contributed by atoms with van der Waals surface area (Å²) in [7, 11) is 1.27. The third-order valence-electron chi connectivity index (χ3n) is 3.00. The van der Waals surface area contributed by atoms with E-state index in [-0.39, 0.29) is 12.3 Å². The van der Waals surface area contributed by atoms with Crippen molar-refractivity contribution >= 4 is 23.5 Å². The van der Waals surface area contributed by atoms with Gasteiger partial charge in [-0.3, -0.25) is 9.78 Å². The average molecular weight is 319 g/mol. The van der Waals surface area contributed by atoms with Crippen LogP contribution in [0.2, 0.25) is 5.02 Å². The lowest BCUT2D eigenvalue weighted by Crippen LogP contribution is -2.35. The second-order valence-electron chi connectivity index (χ2n) is 4.58. The van der Waals surface area contributed by atoms with Gasteiger partial charge in [-0.05, 0) is 29.8 Å². The Morgan fingerprint density at radius 2 is 1.95 bits per heavy atom. The van der Waals surface area contributed by atoms with Gasteiger partial charge in [-0.1, -0.05) is 29.8 Å². The lowest BCUT2D eigenvalue weighted by molar-refractivity contribution is -0.145. The van der Waals surface area contributed by atoms with Gasteiger partial charge in [0.2, 0.25) is 5.91 Å². The number of nitrogens with one attached hydrogen (secondary N) is 1. The van der Waals surface area contributed by atoms with Crippen LogP contribution in [0.1, 0.15) is 17.3 Å². The standard InChI is InChI=1S/C16H15ClN2O3/c1-22-16(21)15(13-4-2-3-9-18-13)19-14(20)10-11-5-7-12(17)8-6-11/h2-9,15H,10H2,1H3,(H,19,20). The molecule has 0 saturated carbocycles. The molecule has 5 nitrogen and oxygen atoms in total. The van der Waals surface area contributed by atoms with Crippen LogP contribution in [0.15, 0.2) is 48.7 Å². The number of methoxy groups -OCH3 is 1. The van der Waals surface area contributed by atoms with E-state index in [9.17, 15) is 9.59 Å². The maximum Gasteiger partial charge on any atom is 0.334 e. The van der Waals surface area contributed by atoms with Crippen molar-refractivity contribution in [2.45, 2.75) is 12.5 Å². The molecular formula is C16H15ClN2O3. The number of rotatable bonds is 5. The van der Waals surface area contributed by atoms with Gasteiger partial charge < -0.3 is 10.1 Å². The number of carbonyl (C=O) groups excluding carboxylic acids is 2. The number of amides is 1. The van der Waals surface area contributed by atoms with Gasteiger partial charge in [-0.25, -0.2) is 4.79 Å². The van der Waals surface area contributed by atoms with Crippen LogP contribution in [-0.4, -0.2) is 24.0 Å². The summed E-state index contributed by atoms with van der Waals surface area (Å²) in [6, 6.07) is 11.1. The molecule has 2 aromatic rings. The Balaban J connectivity index is 2.08. The fraction of sp³-hybridized carbons (Fsp3) is 0.188. The highest BCUT2D eigenvalue weighted by molar-refractivity contribution is 6.30. The molecule has 1 heterocycles. The zero-order valence-electron chi connectivity index (χ0n) is 12.0. The summed E-state index contributed by atoms with van der Waals surface area (Å²) in [6.45, 7) is 0. The molecule has 1 aromatic carbocycles. The highest BCUT2D eigenvalue weighted by atomic mass is 35.5. The fourth-order valence-corrected chi connectivity index (χ4v) is 2.04. The van der Waals surface area contributed by atoms with Crippen LogP contribution in [0.25, 0.3) is 0 Å². The van der Waals surface area contributed by atoms with Gasteiger partial charge in [-0.15, -0.1) is 0 Å². The fourth-order valence-electron chi connectivity index (χ4n) is 1.92. The third kappa shape index (κ3) is 4.30. The van der Waals surface area contributed by atoms with E-state index in [1.54, 1.807) is 48.7 Å². The Bertz CT molecular complexity index is 644. The van der Waals surface area contributed by atoms with E-state index in [1.807, 2.05) is 0 Å². The van der Waals surface area contributed by atoms with E-state index in [1.165, 1.54) is 7.11 Å². The first-order valence-corrected chi connectivity index (χ1v) is 7.00. The molecule has 0 saturated heterocycles. The van der Waals surface area contributed by atoms with Crippen LogP contribution in [0.3, 0.4) is 0 Å². The topological polar surface area (TPSA) is 68.3 Å². The molecule has 0 fully saturated rings. The third-order valence-corrected chi connectivity index (χ3v) is 3.26. The van der Waals surface area contributed by atoms with Crippen LogP contribution in [0.5, 0.6) is 0 Å². The first-order valence-electron chi connectivity index (χ1n) is 6.62. The first kappa shape index (κ1) is 16.0. The van der Waals surface area contributed by atoms with Gasteiger partial charge in [0.25, 0.3) is 0 Å². The quantitative estimate of drug-likeness (QED) is 0.859. The zero-order chi connectivity index (χ0) is 15.9. The van der Waals surface area contributed by atoms with Gasteiger partial charge >= 0.3 is 5.97 Å². The molecule has 1 aromatic heterocycles. The normalized spacial score (nSPS) is 11.5. The summed E-state index contributed by atoms with van der Waals surface area (Å²) in [6.07, 6.45) is 1.69. The number of nitrogens with zero attached hydrogens (tertiary/aromatic N) is 1.